The molecule has 0 aliphatic heterocycles. The molecule has 26 heavy (non-hydrogen) atoms. The van der Waals surface area contributed by atoms with Crippen LogP contribution >= 0.6 is 0 Å². The van der Waals surface area contributed by atoms with Crippen molar-refractivity contribution in [3.05, 3.63) is 59.2 Å². The Bertz CT molecular complexity index is 721. The SMILES string of the molecule is CC1=C[C@@H](c2ccccc2)[C@](C)(/C=C(\C)C(=O)[O-])[C@H]2[C@H]1[C@H](C)C[C@H]2C.[Na+]. The van der Waals surface area contributed by atoms with Crippen molar-refractivity contribution in [2.75, 3.05) is 0 Å². The molecule has 3 rings (SSSR count). The van der Waals surface area contributed by atoms with E-state index in [-0.39, 0.29) is 40.9 Å². The molecule has 1 aromatic carbocycles. The normalized spacial score (nSPS) is 36.7. The van der Waals surface area contributed by atoms with Gasteiger partial charge >= 0.3 is 29.6 Å². The predicted molar refractivity (Wildman–Crippen MR) is 99.7 cm³/mol. The number of hydrogen-bond acceptors (Lipinski definition) is 2. The Balaban J connectivity index is 0.00000243. The van der Waals surface area contributed by atoms with E-state index in [9.17, 15) is 9.90 Å². The van der Waals surface area contributed by atoms with Gasteiger partial charge in [0.1, 0.15) is 0 Å². The molecule has 0 amide bonds. The largest absolute Gasteiger partial charge is 1.00 e. The third-order valence-corrected chi connectivity index (χ3v) is 6.71. The monoisotopic (exact) mass is 360 g/mol. The number of carbonyl (C=O) groups is 1. The van der Waals surface area contributed by atoms with E-state index >= 15 is 0 Å². The van der Waals surface area contributed by atoms with Crippen LogP contribution in [0.2, 0.25) is 0 Å². The molecule has 1 fully saturated rings. The third-order valence-electron chi connectivity index (χ3n) is 6.71. The van der Waals surface area contributed by atoms with Crippen molar-refractivity contribution in [2.45, 2.75) is 47.0 Å². The first-order valence-corrected chi connectivity index (χ1v) is 9.39. The van der Waals surface area contributed by atoms with Gasteiger partial charge in [0, 0.05) is 5.92 Å². The molecule has 2 nitrogen and oxygen atoms in total. The van der Waals surface area contributed by atoms with Crippen LogP contribution in [-0.4, -0.2) is 5.97 Å². The number of allylic oxidation sites excluding steroid dienone is 3. The maximum Gasteiger partial charge on any atom is 1.00 e. The summed E-state index contributed by atoms with van der Waals surface area (Å²) in [6.45, 7) is 10.9. The standard InChI is InChI=1S/C23H30O2.Na/c1-14-11-16(3)21-20(14)15(2)12-19(18-9-7-6-8-10-18)23(21,5)13-17(4)22(24)25;/h6-10,12-14,16,19-21H,11H2,1-5H3,(H,24,25);/q;+1/p-1/b17-13+;/t14-,16-,19+,20+,21-,23+;/m1./s1. The van der Waals surface area contributed by atoms with Crippen molar-refractivity contribution < 1.29 is 39.5 Å². The first kappa shape index (κ1) is 21.5. The number of rotatable bonds is 3. The predicted octanol–water partition coefficient (Wildman–Crippen LogP) is 1.34. The van der Waals surface area contributed by atoms with Gasteiger partial charge < -0.3 is 9.90 Å². The summed E-state index contributed by atoms with van der Waals surface area (Å²) in [5.41, 5.74) is 2.85. The van der Waals surface area contributed by atoms with E-state index in [2.05, 4.69) is 58.0 Å². The van der Waals surface area contributed by atoms with E-state index in [4.69, 9.17) is 0 Å². The molecule has 0 heterocycles. The fourth-order valence-corrected chi connectivity index (χ4v) is 5.91. The van der Waals surface area contributed by atoms with E-state index in [0.29, 0.717) is 29.2 Å². The van der Waals surface area contributed by atoms with E-state index in [0.717, 1.165) is 0 Å². The first-order chi connectivity index (χ1) is 11.8. The zero-order valence-electron chi connectivity index (χ0n) is 17.0. The molecule has 0 bridgehead atoms. The first-order valence-electron chi connectivity index (χ1n) is 9.39. The number of carbonyl (C=O) groups excluding carboxylic acids is 1. The number of fused-ring (bicyclic) bond motifs is 1. The zero-order valence-corrected chi connectivity index (χ0v) is 19.0. The van der Waals surface area contributed by atoms with Crippen LogP contribution in [0.1, 0.15) is 52.5 Å². The Kier molecular flexibility index (Phi) is 6.64. The fourth-order valence-electron chi connectivity index (χ4n) is 5.91. The Morgan fingerprint density at radius 3 is 2.38 bits per heavy atom. The number of carboxylic acid groups (broad SMARTS) is 1. The van der Waals surface area contributed by atoms with Crippen LogP contribution < -0.4 is 34.7 Å². The van der Waals surface area contributed by atoms with Crippen LogP contribution in [0, 0.1) is 29.1 Å². The molecule has 134 valence electrons. The molecule has 1 saturated carbocycles. The van der Waals surface area contributed by atoms with Gasteiger partial charge in [0.15, 0.2) is 0 Å². The summed E-state index contributed by atoms with van der Waals surface area (Å²) in [4.78, 5) is 11.5. The topological polar surface area (TPSA) is 40.1 Å². The Morgan fingerprint density at radius 1 is 1.19 bits per heavy atom. The molecule has 0 aromatic heterocycles. The van der Waals surface area contributed by atoms with Crippen molar-refractivity contribution in [2.24, 2.45) is 29.1 Å². The van der Waals surface area contributed by atoms with E-state index in [1.807, 2.05) is 12.1 Å². The summed E-state index contributed by atoms with van der Waals surface area (Å²) in [6.07, 6.45) is 5.59. The van der Waals surface area contributed by atoms with Gasteiger partial charge in [-0.3, -0.25) is 0 Å². The minimum atomic E-state index is -1.06. The van der Waals surface area contributed by atoms with Crippen LogP contribution in [0.15, 0.2) is 53.6 Å². The molecule has 2 aliphatic carbocycles. The van der Waals surface area contributed by atoms with Gasteiger partial charge in [-0.25, -0.2) is 0 Å². The second kappa shape index (κ2) is 8.04. The summed E-state index contributed by atoms with van der Waals surface area (Å²) in [7, 11) is 0. The molecule has 0 radical (unpaired) electrons. The summed E-state index contributed by atoms with van der Waals surface area (Å²) in [5.74, 6) is 1.33. The Labute approximate surface area is 180 Å². The maximum absolute atomic E-state index is 11.5. The average Bonchev–Trinajstić information content (AvgIpc) is 2.87. The van der Waals surface area contributed by atoms with Gasteiger partial charge in [-0.05, 0) is 60.5 Å². The fraction of sp³-hybridized carbons (Fsp3) is 0.522. The van der Waals surface area contributed by atoms with Crippen LogP contribution in [0.4, 0.5) is 0 Å². The molecule has 0 saturated heterocycles. The van der Waals surface area contributed by atoms with Crippen LogP contribution in [0.5, 0.6) is 0 Å². The molecule has 0 spiro atoms. The zero-order chi connectivity index (χ0) is 18.4. The average molecular weight is 360 g/mol. The van der Waals surface area contributed by atoms with Crippen LogP contribution in [-0.2, 0) is 4.79 Å². The van der Waals surface area contributed by atoms with E-state index < -0.39 is 5.97 Å². The second-order valence-electron chi connectivity index (χ2n) is 8.52. The molecule has 3 heteroatoms. The minimum Gasteiger partial charge on any atom is -0.545 e. The molecule has 1 aromatic rings. The molecular formula is C23H29NaO2. The molecule has 0 N–H and O–H groups in total. The maximum atomic E-state index is 11.5. The summed E-state index contributed by atoms with van der Waals surface area (Å²) in [5, 5.41) is 11.5. The van der Waals surface area contributed by atoms with Gasteiger partial charge in [-0.15, -0.1) is 0 Å². The minimum absolute atomic E-state index is 0. The summed E-state index contributed by atoms with van der Waals surface area (Å²) in [6, 6.07) is 10.5. The molecule has 2 aliphatic rings. The molecular weight excluding hydrogens is 331 g/mol. The molecule has 6 atom stereocenters. The van der Waals surface area contributed by atoms with Crippen molar-refractivity contribution in [3.63, 3.8) is 0 Å². The van der Waals surface area contributed by atoms with Crippen LogP contribution in [0.3, 0.4) is 0 Å². The van der Waals surface area contributed by atoms with Crippen LogP contribution in [0.25, 0.3) is 0 Å². The van der Waals surface area contributed by atoms with Crippen molar-refractivity contribution >= 4 is 5.97 Å². The summed E-state index contributed by atoms with van der Waals surface area (Å²) < 4.78 is 0. The van der Waals surface area contributed by atoms with Crippen molar-refractivity contribution in [3.8, 4) is 0 Å². The third kappa shape index (κ3) is 3.61. The van der Waals surface area contributed by atoms with Crippen molar-refractivity contribution in [1.29, 1.82) is 0 Å². The quantitative estimate of drug-likeness (QED) is 0.464. The van der Waals surface area contributed by atoms with E-state index in [1.54, 1.807) is 6.92 Å². The van der Waals surface area contributed by atoms with Gasteiger partial charge in [0.05, 0.1) is 5.97 Å². The van der Waals surface area contributed by atoms with Gasteiger partial charge in [0.25, 0.3) is 0 Å². The Hall–Kier alpha value is -0.830. The number of benzene rings is 1. The smallest absolute Gasteiger partial charge is 0.545 e. The number of hydrogen-bond donors (Lipinski definition) is 0. The molecule has 0 unspecified atom stereocenters. The summed E-state index contributed by atoms with van der Waals surface area (Å²) >= 11 is 0. The van der Waals surface area contributed by atoms with E-state index in [1.165, 1.54) is 17.6 Å². The number of carboxylic acids is 1. The van der Waals surface area contributed by atoms with Crippen molar-refractivity contribution in [1.82, 2.24) is 0 Å². The second-order valence-corrected chi connectivity index (χ2v) is 8.52. The van der Waals surface area contributed by atoms with Gasteiger partial charge in [-0.1, -0.05) is 68.8 Å². The van der Waals surface area contributed by atoms with Gasteiger partial charge in [0.2, 0.25) is 0 Å². The van der Waals surface area contributed by atoms with Gasteiger partial charge in [-0.2, -0.15) is 0 Å². The number of aliphatic carboxylic acids is 1. The Morgan fingerprint density at radius 2 is 1.81 bits per heavy atom.